The molecule has 0 spiro atoms. The monoisotopic (exact) mass is 304 g/mol. The molecule has 0 aliphatic carbocycles. The normalized spacial score (nSPS) is 14.1. The Kier molecular flexibility index (Phi) is 6.40. The van der Waals surface area contributed by atoms with Crippen LogP contribution in [0, 0.1) is 0 Å². The Morgan fingerprint density at radius 1 is 1.55 bits per heavy atom. The van der Waals surface area contributed by atoms with E-state index in [9.17, 15) is 18.9 Å². The lowest BCUT2D eigenvalue weighted by Crippen LogP contribution is -2.38. The first-order valence-electron chi connectivity index (χ1n) is 5.52. The number of ketones is 1. The van der Waals surface area contributed by atoms with Gasteiger partial charge in [0.2, 0.25) is 0 Å². The fourth-order valence-electron chi connectivity index (χ4n) is 1.40. The second-order valence-corrected chi connectivity index (χ2v) is 4.20. The van der Waals surface area contributed by atoms with Crippen molar-refractivity contribution in [3.05, 3.63) is 33.1 Å². The fourth-order valence-corrected chi connectivity index (χ4v) is 1.63. The lowest BCUT2D eigenvalue weighted by Gasteiger charge is -2.22. The zero-order chi connectivity index (χ0) is 15.1. The number of aromatic nitrogens is 2. The van der Waals surface area contributed by atoms with Crippen LogP contribution in [0.4, 0.5) is 0 Å². The molecule has 2 N–H and O–H groups in total. The lowest BCUT2D eigenvalue weighted by molar-refractivity contribution is -0.145. The van der Waals surface area contributed by atoms with Crippen molar-refractivity contribution in [2.45, 2.75) is 19.3 Å². The minimum Gasteiger partial charge on any atom is -0.394 e. The van der Waals surface area contributed by atoms with Crippen molar-refractivity contribution < 1.29 is 23.7 Å². The van der Waals surface area contributed by atoms with Crippen LogP contribution in [0.15, 0.2) is 21.9 Å². The lowest BCUT2D eigenvalue weighted by atomic mass is 10.3. The van der Waals surface area contributed by atoms with Crippen LogP contribution in [0.1, 0.15) is 13.2 Å². The topological polar surface area (TPSA) is 128 Å². The van der Waals surface area contributed by atoms with Crippen molar-refractivity contribution in [3.8, 4) is 0 Å². The number of H-pyrrole nitrogens is 1. The Bertz CT molecular complexity index is 581. The molecule has 2 unspecified atom stereocenters. The summed E-state index contributed by atoms with van der Waals surface area (Å²) in [7, 11) is -0.598. The summed E-state index contributed by atoms with van der Waals surface area (Å²) < 4.78 is 20.8. The molecule has 0 aliphatic rings. The predicted octanol–water partition coefficient (Wildman–Crippen LogP) is -0.775. The first-order valence-corrected chi connectivity index (χ1v) is 6.25. The number of carbonyl (C=O) groups is 1. The highest BCUT2D eigenvalue weighted by Crippen LogP contribution is 2.11. The van der Waals surface area contributed by atoms with Gasteiger partial charge in [-0.1, -0.05) is 0 Å². The molecule has 110 valence electrons. The molecular formula is C10H13N2O7P. The molecule has 0 aliphatic heterocycles. The number of hydrogen-bond acceptors (Lipinski definition) is 7. The van der Waals surface area contributed by atoms with E-state index < -0.39 is 44.7 Å². The molecule has 0 fully saturated rings. The molecule has 1 rings (SSSR count). The molecule has 0 radical (unpaired) electrons. The number of carbonyl (C=O) groups excluding carboxylic acids is 1. The number of Topliss-reactive ketones (excluding diaryl/α,β-unsaturated/α-hetero) is 1. The highest BCUT2D eigenvalue weighted by atomic mass is 31.1. The first kappa shape index (κ1) is 16.4. The summed E-state index contributed by atoms with van der Waals surface area (Å²) in [5, 5.41) is 9.08. The highest BCUT2D eigenvalue weighted by molar-refractivity contribution is 7.17. The van der Waals surface area contributed by atoms with Crippen molar-refractivity contribution in [3.63, 3.8) is 0 Å². The molecule has 10 heteroatoms. The van der Waals surface area contributed by atoms with Crippen LogP contribution in [0.3, 0.4) is 0 Å². The third-order valence-corrected chi connectivity index (χ3v) is 2.54. The summed E-state index contributed by atoms with van der Waals surface area (Å²) in [6.07, 6.45) is -1.18. The number of nitrogens with one attached hydrogen (secondary N) is 1. The molecular weight excluding hydrogens is 291 g/mol. The maximum absolute atomic E-state index is 11.6. The number of rotatable bonds is 8. The average Bonchev–Trinajstić information content (AvgIpc) is 2.40. The van der Waals surface area contributed by atoms with Crippen molar-refractivity contribution in [1.82, 2.24) is 9.55 Å². The third kappa shape index (κ3) is 4.46. The zero-order valence-electron chi connectivity index (χ0n) is 10.5. The summed E-state index contributed by atoms with van der Waals surface area (Å²) in [5.41, 5.74) is -1.43. The second kappa shape index (κ2) is 7.81. The van der Waals surface area contributed by atoms with E-state index in [2.05, 4.69) is 4.52 Å². The molecule has 1 aromatic heterocycles. The molecule has 2 atom stereocenters. The standard InChI is InChI=1S/C10H13N2O7P/c1-6(14)9(19-7(4-13)5-18-20-17)12-3-2-8(15)11-10(12)16/h2-3,7,9,13H,4-5H2,1H3,(H,11,15,16). The number of aromatic amines is 1. The highest BCUT2D eigenvalue weighted by Gasteiger charge is 2.23. The Labute approximate surface area is 114 Å². The Hall–Kier alpha value is -1.67. The smallest absolute Gasteiger partial charge is 0.330 e. The molecule has 9 nitrogen and oxygen atoms in total. The number of hydrogen-bond donors (Lipinski definition) is 2. The van der Waals surface area contributed by atoms with Gasteiger partial charge in [-0.15, -0.1) is 0 Å². The van der Waals surface area contributed by atoms with E-state index in [0.29, 0.717) is 0 Å². The van der Waals surface area contributed by atoms with Gasteiger partial charge >= 0.3 is 14.4 Å². The van der Waals surface area contributed by atoms with Crippen LogP contribution < -0.4 is 11.2 Å². The van der Waals surface area contributed by atoms with Gasteiger partial charge in [0.1, 0.15) is 6.10 Å². The van der Waals surface area contributed by atoms with Crippen molar-refractivity contribution in [2.75, 3.05) is 13.2 Å². The summed E-state index contributed by atoms with van der Waals surface area (Å²) in [5.74, 6) is -0.516. The molecule has 0 aromatic carbocycles. The van der Waals surface area contributed by atoms with Crippen LogP contribution >= 0.6 is 8.69 Å². The van der Waals surface area contributed by atoms with Crippen molar-refractivity contribution in [1.29, 1.82) is 0 Å². The molecule has 0 amide bonds. The Morgan fingerprint density at radius 2 is 2.25 bits per heavy atom. The van der Waals surface area contributed by atoms with E-state index in [1.165, 1.54) is 6.92 Å². The molecule has 0 bridgehead atoms. The second-order valence-electron chi connectivity index (χ2n) is 3.79. The minimum absolute atomic E-state index is 0.233. The van der Waals surface area contributed by atoms with Gasteiger partial charge in [-0.3, -0.25) is 23.7 Å². The molecule has 20 heavy (non-hydrogen) atoms. The van der Waals surface area contributed by atoms with Crippen LogP contribution in [0.5, 0.6) is 0 Å². The summed E-state index contributed by atoms with van der Waals surface area (Å²) in [4.78, 5) is 36.1. The van der Waals surface area contributed by atoms with Crippen LogP contribution in [-0.2, 0) is 18.6 Å². The number of aliphatic hydroxyl groups excluding tert-OH is 1. The molecule has 1 aromatic rings. The van der Waals surface area contributed by atoms with E-state index in [0.717, 1.165) is 16.8 Å². The van der Waals surface area contributed by atoms with Gasteiger partial charge in [0, 0.05) is 12.3 Å². The van der Waals surface area contributed by atoms with E-state index in [4.69, 9.17) is 9.84 Å². The summed E-state index contributed by atoms with van der Waals surface area (Å²) in [6.45, 7) is 0.449. The van der Waals surface area contributed by atoms with Gasteiger partial charge in [0.25, 0.3) is 5.56 Å². The van der Waals surface area contributed by atoms with Gasteiger partial charge in [0.05, 0.1) is 13.2 Å². The zero-order valence-corrected chi connectivity index (χ0v) is 11.4. The Morgan fingerprint density at radius 3 is 2.75 bits per heavy atom. The van der Waals surface area contributed by atoms with Gasteiger partial charge < -0.3 is 9.84 Å². The summed E-state index contributed by atoms with van der Waals surface area (Å²) in [6, 6.07) is 1.06. The third-order valence-electron chi connectivity index (χ3n) is 2.29. The van der Waals surface area contributed by atoms with Crippen LogP contribution in [0.2, 0.25) is 0 Å². The maximum Gasteiger partial charge on any atom is 0.330 e. The van der Waals surface area contributed by atoms with E-state index in [1.54, 1.807) is 0 Å². The van der Waals surface area contributed by atoms with Gasteiger partial charge in [-0.25, -0.2) is 9.36 Å². The van der Waals surface area contributed by atoms with Crippen molar-refractivity contribution in [2.24, 2.45) is 0 Å². The average molecular weight is 304 g/mol. The van der Waals surface area contributed by atoms with E-state index in [-0.39, 0.29) is 6.61 Å². The Balaban J connectivity index is 2.99. The molecule has 1 heterocycles. The number of aliphatic hydroxyl groups is 1. The predicted molar refractivity (Wildman–Crippen MR) is 66.6 cm³/mol. The largest absolute Gasteiger partial charge is 0.394 e. The van der Waals surface area contributed by atoms with Crippen molar-refractivity contribution >= 4 is 14.5 Å². The van der Waals surface area contributed by atoms with Crippen LogP contribution in [0.25, 0.3) is 0 Å². The molecule has 0 saturated carbocycles. The van der Waals surface area contributed by atoms with E-state index in [1.807, 2.05) is 4.98 Å². The number of nitrogens with zero attached hydrogens (tertiary/aromatic N) is 1. The fraction of sp³-hybridized carbons (Fsp3) is 0.500. The maximum atomic E-state index is 11.6. The number of ether oxygens (including phenoxy) is 1. The van der Waals surface area contributed by atoms with Gasteiger partial charge in [0.15, 0.2) is 12.0 Å². The SMILES string of the molecule is CC(=O)C(OC(CO)COP=O)n1ccc(=O)[nH]c1=O. The quantitative estimate of drug-likeness (QED) is 0.603. The van der Waals surface area contributed by atoms with E-state index >= 15 is 0 Å². The van der Waals surface area contributed by atoms with Gasteiger partial charge in [-0.2, -0.15) is 0 Å². The van der Waals surface area contributed by atoms with Gasteiger partial charge in [-0.05, 0) is 6.92 Å². The van der Waals surface area contributed by atoms with Crippen LogP contribution in [-0.4, -0.2) is 39.8 Å². The minimum atomic E-state index is -1.33. The first-order chi connectivity index (χ1) is 9.49. The summed E-state index contributed by atoms with van der Waals surface area (Å²) >= 11 is 0. The molecule has 0 saturated heterocycles.